The molecule has 2 fully saturated rings. The molecule has 0 radical (unpaired) electrons. The number of carbonyl (C=O) groups excluding carboxylic acids is 1. The summed E-state index contributed by atoms with van der Waals surface area (Å²) >= 11 is 7.81. The number of carbonyl (C=O) groups is 1. The van der Waals surface area contributed by atoms with Crippen molar-refractivity contribution < 1.29 is 4.79 Å². The quantitative estimate of drug-likeness (QED) is 0.887. The van der Waals surface area contributed by atoms with Crippen molar-refractivity contribution in [3.8, 4) is 0 Å². The molecule has 1 amide bonds. The third kappa shape index (κ3) is 2.95. The van der Waals surface area contributed by atoms with E-state index in [9.17, 15) is 4.79 Å². The van der Waals surface area contributed by atoms with Crippen molar-refractivity contribution in [2.45, 2.75) is 57.3 Å². The van der Waals surface area contributed by atoms with E-state index < -0.39 is 0 Å². The van der Waals surface area contributed by atoms with E-state index in [1.165, 1.54) is 43.4 Å². The molecule has 1 N–H and O–H groups in total. The highest BCUT2D eigenvalue weighted by Gasteiger charge is 2.27. The maximum Gasteiger partial charge on any atom is 0.229 e. The average molecular weight is 299 g/mol. The van der Waals surface area contributed by atoms with Crippen molar-refractivity contribution in [3.05, 3.63) is 10.0 Å². The van der Waals surface area contributed by atoms with Crippen LogP contribution >= 0.6 is 22.9 Å². The normalized spacial score (nSPS) is 21.1. The summed E-state index contributed by atoms with van der Waals surface area (Å²) in [5.74, 6) is 0.862. The SMILES string of the molecule is O=C(Nc1nc(Cl)c(C2CCCCC2)s1)C1CCC1. The van der Waals surface area contributed by atoms with Crippen LogP contribution in [-0.2, 0) is 4.79 Å². The first kappa shape index (κ1) is 13.4. The fourth-order valence-electron chi connectivity index (χ4n) is 2.86. The maximum absolute atomic E-state index is 11.9. The molecule has 19 heavy (non-hydrogen) atoms. The molecular formula is C14H19ClN2OS. The van der Waals surface area contributed by atoms with Gasteiger partial charge in [-0.1, -0.05) is 48.6 Å². The van der Waals surface area contributed by atoms with Gasteiger partial charge < -0.3 is 5.32 Å². The molecular weight excluding hydrogens is 280 g/mol. The predicted octanol–water partition coefficient (Wildman–Crippen LogP) is 4.58. The Bertz CT molecular complexity index is 464. The third-order valence-electron chi connectivity index (χ3n) is 4.29. The second-order valence-electron chi connectivity index (χ2n) is 5.63. The van der Waals surface area contributed by atoms with Gasteiger partial charge in [0.25, 0.3) is 0 Å². The van der Waals surface area contributed by atoms with E-state index in [4.69, 9.17) is 11.6 Å². The zero-order valence-corrected chi connectivity index (χ0v) is 12.5. The Balaban J connectivity index is 1.67. The molecule has 0 aliphatic heterocycles. The van der Waals surface area contributed by atoms with E-state index in [0.29, 0.717) is 16.2 Å². The Morgan fingerprint density at radius 1 is 1.16 bits per heavy atom. The van der Waals surface area contributed by atoms with Crippen molar-refractivity contribution in [1.82, 2.24) is 4.98 Å². The maximum atomic E-state index is 11.9. The number of rotatable bonds is 3. The molecule has 2 saturated carbocycles. The molecule has 2 aliphatic rings. The van der Waals surface area contributed by atoms with Crippen molar-refractivity contribution in [3.63, 3.8) is 0 Å². The molecule has 3 nitrogen and oxygen atoms in total. The number of aromatic nitrogens is 1. The van der Waals surface area contributed by atoms with Crippen LogP contribution in [0.1, 0.15) is 62.2 Å². The van der Waals surface area contributed by atoms with Crippen LogP contribution in [0.15, 0.2) is 0 Å². The lowest BCUT2D eigenvalue weighted by Gasteiger charge is -2.23. The van der Waals surface area contributed by atoms with Crippen LogP contribution < -0.4 is 5.32 Å². The Kier molecular flexibility index (Phi) is 4.08. The van der Waals surface area contributed by atoms with Crippen molar-refractivity contribution in [2.24, 2.45) is 5.92 Å². The smallest absolute Gasteiger partial charge is 0.229 e. The zero-order valence-electron chi connectivity index (χ0n) is 11.0. The third-order valence-corrected chi connectivity index (χ3v) is 5.83. The molecule has 2 aliphatic carbocycles. The van der Waals surface area contributed by atoms with Crippen LogP contribution in [0.25, 0.3) is 0 Å². The fourth-order valence-corrected chi connectivity index (χ4v) is 4.29. The standard InChI is InChI=1S/C14H19ClN2OS/c15-12-11(9-5-2-1-3-6-9)19-14(16-12)17-13(18)10-7-4-8-10/h9-10H,1-8H2,(H,16,17,18). The van der Waals surface area contributed by atoms with Gasteiger partial charge in [-0.05, 0) is 31.6 Å². The van der Waals surface area contributed by atoms with E-state index in [1.807, 2.05) is 0 Å². The molecule has 3 rings (SSSR count). The second kappa shape index (κ2) is 5.80. The van der Waals surface area contributed by atoms with Gasteiger partial charge in [-0.2, -0.15) is 0 Å². The number of hydrogen-bond donors (Lipinski definition) is 1. The second-order valence-corrected chi connectivity index (χ2v) is 7.01. The largest absolute Gasteiger partial charge is 0.302 e. The molecule has 0 saturated heterocycles. The van der Waals surface area contributed by atoms with Crippen LogP contribution in [-0.4, -0.2) is 10.9 Å². The van der Waals surface area contributed by atoms with Gasteiger partial charge in [0.1, 0.15) is 5.15 Å². The summed E-state index contributed by atoms with van der Waals surface area (Å²) < 4.78 is 0. The average Bonchev–Trinajstić information content (AvgIpc) is 2.69. The van der Waals surface area contributed by atoms with E-state index in [2.05, 4.69) is 10.3 Å². The fraction of sp³-hybridized carbons (Fsp3) is 0.714. The van der Waals surface area contributed by atoms with Gasteiger partial charge in [0.15, 0.2) is 5.13 Å². The van der Waals surface area contributed by atoms with Gasteiger partial charge in [-0.3, -0.25) is 4.79 Å². The summed E-state index contributed by atoms with van der Waals surface area (Å²) in [6, 6.07) is 0. The van der Waals surface area contributed by atoms with Gasteiger partial charge in [-0.25, -0.2) is 4.98 Å². The molecule has 0 aromatic carbocycles. The topological polar surface area (TPSA) is 42.0 Å². The van der Waals surface area contributed by atoms with E-state index in [-0.39, 0.29) is 11.8 Å². The summed E-state index contributed by atoms with van der Waals surface area (Å²) in [5.41, 5.74) is 0. The lowest BCUT2D eigenvalue weighted by molar-refractivity contribution is -0.122. The van der Waals surface area contributed by atoms with Gasteiger partial charge in [0.2, 0.25) is 5.91 Å². The molecule has 1 aromatic rings. The van der Waals surface area contributed by atoms with E-state index in [1.54, 1.807) is 11.3 Å². The lowest BCUT2D eigenvalue weighted by Crippen LogP contribution is -2.27. The lowest BCUT2D eigenvalue weighted by atomic mass is 9.85. The number of thiazole rings is 1. The molecule has 0 spiro atoms. The molecule has 0 bridgehead atoms. The van der Waals surface area contributed by atoms with E-state index in [0.717, 1.165) is 12.8 Å². The van der Waals surface area contributed by atoms with Crippen LogP contribution in [0.5, 0.6) is 0 Å². The first-order valence-electron chi connectivity index (χ1n) is 7.21. The van der Waals surface area contributed by atoms with Crippen molar-refractivity contribution >= 4 is 34.0 Å². The summed E-state index contributed by atoms with van der Waals surface area (Å²) in [7, 11) is 0. The number of hydrogen-bond acceptors (Lipinski definition) is 3. The molecule has 0 atom stereocenters. The number of halogens is 1. The Morgan fingerprint density at radius 2 is 1.89 bits per heavy atom. The number of amides is 1. The molecule has 0 unspecified atom stereocenters. The van der Waals surface area contributed by atoms with Crippen LogP contribution in [0, 0.1) is 5.92 Å². The van der Waals surface area contributed by atoms with Gasteiger partial charge in [0.05, 0.1) is 0 Å². The minimum absolute atomic E-state index is 0.117. The van der Waals surface area contributed by atoms with E-state index >= 15 is 0 Å². The highest BCUT2D eigenvalue weighted by molar-refractivity contribution is 7.16. The van der Waals surface area contributed by atoms with Crippen LogP contribution in [0.3, 0.4) is 0 Å². The minimum Gasteiger partial charge on any atom is -0.302 e. The minimum atomic E-state index is 0.117. The summed E-state index contributed by atoms with van der Waals surface area (Å²) in [5, 5.41) is 4.21. The Labute approximate surface area is 122 Å². The monoisotopic (exact) mass is 298 g/mol. The summed E-state index contributed by atoms with van der Waals surface area (Å²) in [4.78, 5) is 17.4. The number of nitrogens with zero attached hydrogens (tertiary/aromatic N) is 1. The van der Waals surface area contributed by atoms with Crippen molar-refractivity contribution in [2.75, 3.05) is 5.32 Å². The number of nitrogens with one attached hydrogen (secondary N) is 1. The Morgan fingerprint density at radius 3 is 2.53 bits per heavy atom. The number of anilines is 1. The zero-order chi connectivity index (χ0) is 13.2. The Hall–Kier alpha value is -0.610. The van der Waals surface area contributed by atoms with Gasteiger partial charge >= 0.3 is 0 Å². The molecule has 1 heterocycles. The molecule has 5 heteroatoms. The summed E-state index contributed by atoms with van der Waals surface area (Å²) in [6.45, 7) is 0. The van der Waals surface area contributed by atoms with Crippen molar-refractivity contribution in [1.29, 1.82) is 0 Å². The summed E-state index contributed by atoms with van der Waals surface area (Å²) in [6.07, 6.45) is 9.50. The highest BCUT2D eigenvalue weighted by atomic mass is 35.5. The molecule has 104 valence electrons. The van der Waals surface area contributed by atoms with Gasteiger partial charge in [0, 0.05) is 10.8 Å². The van der Waals surface area contributed by atoms with Crippen LogP contribution in [0.2, 0.25) is 5.15 Å². The van der Waals surface area contributed by atoms with Crippen LogP contribution in [0.4, 0.5) is 5.13 Å². The molecule has 1 aromatic heterocycles. The van der Waals surface area contributed by atoms with Gasteiger partial charge in [-0.15, -0.1) is 0 Å². The first-order chi connectivity index (χ1) is 9.24. The predicted molar refractivity (Wildman–Crippen MR) is 78.9 cm³/mol. The highest BCUT2D eigenvalue weighted by Crippen LogP contribution is 2.41. The first-order valence-corrected chi connectivity index (χ1v) is 8.40.